The highest BCUT2D eigenvalue weighted by atomic mass is 16.3. The predicted octanol–water partition coefficient (Wildman–Crippen LogP) is 14.4. The molecule has 2 heterocycles. The number of hydrogen-bond donors (Lipinski definition) is 0. The van der Waals surface area contributed by atoms with Crippen molar-refractivity contribution < 1.29 is 4.42 Å². The first kappa shape index (κ1) is 33.0. The molecule has 0 N–H and O–H groups in total. The van der Waals surface area contributed by atoms with Gasteiger partial charge in [-0.2, -0.15) is 0 Å². The van der Waals surface area contributed by atoms with Crippen LogP contribution in [-0.4, -0.2) is 9.55 Å². The number of fused-ring (bicyclic) bond motifs is 6. The van der Waals surface area contributed by atoms with Crippen molar-refractivity contribution in [2.45, 2.75) is 12.8 Å². The molecule has 0 radical (unpaired) electrons. The van der Waals surface area contributed by atoms with Crippen molar-refractivity contribution in [1.29, 1.82) is 0 Å². The largest absolute Gasteiger partial charge is 0.435 e. The van der Waals surface area contributed by atoms with Gasteiger partial charge < -0.3 is 13.9 Å². The number of aromatic nitrogens is 2. The Morgan fingerprint density at radius 2 is 1.19 bits per heavy atom. The predicted molar refractivity (Wildman–Crippen MR) is 237 cm³/mol. The zero-order valence-electron chi connectivity index (χ0n) is 31.2. The first-order valence-corrected chi connectivity index (χ1v) is 19.6. The summed E-state index contributed by atoms with van der Waals surface area (Å²) in [7, 11) is 0. The van der Waals surface area contributed by atoms with Gasteiger partial charge in [0.25, 0.3) is 0 Å². The van der Waals surface area contributed by atoms with Crippen LogP contribution in [0.1, 0.15) is 17.7 Å². The second-order valence-corrected chi connectivity index (χ2v) is 14.7. The Hall–Kier alpha value is -7.43. The maximum atomic E-state index is 6.52. The quantitative estimate of drug-likeness (QED) is 0.164. The van der Waals surface area contributed by atoms with Crippen LogP contribution in [0.15, 0.2) is 199 Å². The summed E-state index contributed by atoms with van der Waals surface area (Å²) in [6, 6.07) is 66.8. The fourth-order valence-electron chi connectivity index (χ4n) is 8.57. The Bertz CT molecular complexity index is 3100. The van der Waals surface area contributed by atoms with Gasteiger partial charge in [0, 0.05) is 50.3 Å². The van der Waals surface area contributed by atoms with E-state index in [1.54, 1.807) is 0 Å². The van der Waals surface area contributed by atoms with Gasteiger partial charge in [0.15, 0.2) is 5.58 Å². The molecule has 0 bridgehead atoms. The molecule has 0 fully saturated rings. The maximum absolute atomic E-state index is 6.52. The van der Waals surface area contributed by atoms with Crippen molar-refractivity contribution in [3.63, 3.8) is 0 Å². The minimum absolute atomic E-state index is 0.622. The third-order valence-corrected chi connectivity index (χ3v) is 11.3. The molecule has 0 spiro atoms. The lowest BCUT2D eigenvalue weighted by Gasteiger charge is -2.26. The zero-order chi connectivity index (χ0) is 37.7. The van der Waals surface area contributed by atoms with Crippen molar-refractivity contribution in [2.24, 2.45) is 0 Å². The van der Waals surface area contributed by atoms with Gasteiger partial charge in [0.2, 0.25) is 5.89 Å². The second kappa shape index (κ2) is 13.7. The van der Waals surface area contributed by atoms with Crippen molar-refractivity contribution in [1.82, 2.24) is 9.55 Å². The average molecular weight is 732 g/mol. The van der Waals surface area contributed by atoms with Gasteiger partial charge in [-0.25, -0.2) is 4.98 Å². The number of anilines is 3. The number of aryl methyl sites for hydroxylation is 1. The molecule has 8 aromatic carbocycles. The molecular weight excluding hydrogens is 695 g/mol. The molecule has 270 valence electrons. The van der Waals surface area contributed by atoms with E-state index in [1.807, 2.05) is 30.3 Å². The lowest BCUT2D eigenvalue weighted by Crippen LogP contribution is -2.10. The van der Waals surface area contributed by atoms with Crippen LogP contribution < -0.4 is 4.90 Å². The summed E-state index contributed by atoms with van der Waals surface area (Å²) in [5.74, 6) is 0.622. The zero-order valence-corrected chi connectivity index (χ0v) is 31.2. The second-order valence-electron chi connectivity index (χ2n) is 14.7. The van der Waals surface area contributed by atoms with E-state index < -0.39 is 0 Å². The number of oxazole rings is 1. The van der Waals surface area contributed by atoms with Crippen molar-refractivity contribution in [3.05, 3.63) is 205 Å². The molecule has 1 aliphatic rings. The molecule has 2 aromatic heterocycles. The number of nitrogens with zero attached hydrogens (tertiary/aromatic N) is 3. The summed E-state index contributed by atoms with van der Waals surface area (Å²) in [5.41, 5.74) is 15.4. The van der Waals surface area contributed by atoms with Gasteiger partial charge in [-0.15, -0.1) is 0 Å². The van der Waals surface area contributed by atoms with Gasteiger partial charge >= 0.3 is 0 Å². The van der Waals surface area contributed by atoms with Gasteiger partial charge in [0.05, 0.1) is 5.52 Å². The average Bonchev–Trinajstić information content (AvgIpc) is 3.89. The molecule has 0 saturated heterocycles. The molecular formula is C53H37N3O. The van der Waals surface area contributed by atoms with Crippen LogP contribution in [0.3, 0.4) is 0 Å². The fraction of sp³-hybridized carbons (Fsp3) is 0.0377. The molecule has 1 aliphatic carbocycles. The summed E-state index contributed by atoms with van der Waals surface area (Å²) in [4.78, 5) is 7.44. The van der Waals surface area contributed by atoms with E-state index in [-0.39, 0.29) is 0 Å². The normalized spacial score (nSPS) is 12.4. The highest BCUT2D eigenvalue weighted by Crippen LogP contribution is 2.41. The maximum Gasteiger partial charge on any atom is 0.227 e. The van der Waals surface area contributed by atoms with E-state index in [2.05, 4.69) is 179 Å². The van der Waals surface area contributed by atoms with Crippen LogP contribution in [0.5, 0.6) is 0 Å². The van der Waals surface area contributed by atoms with Crippen molar-refractivity contribution in [3.8, 4) is 39.4 Å². The number of rotatable bonds is 7. The molecule has 0 unspecified atom stereocenters. The van der Waals surface area contributed by atoms with Crippen molar-refractivity contribution in [2.75, 3.05) is 4.90 Å². The molecule has 0 amide bonds. The number of hydrogen-bond acceptors (Lipinski definition) is 3. The molecule has 4 nitrogen and oxygen atoms in total. The minimum atomic E-state index is 0.622. The van der Waals surface area contributed by atoms with E-state index in [4.69, 9.17) is 9.40 Å². The molecule has 4 heteroatoms. The fourth-order valence-corrected chi connectivity index (χ4v) is 8.57. The SMILES string of the molecule is C1=Cc2c(c3ccccc3n2-c2ccc(N(c3ccc(-c4cc5ccccc5c5oc(-c6ccccc6)nc45)cc3)c3cccc(-c4ccccc4)c3)cc2)CC1. The summed E-state index contributed by atoms with van der Waals surface area (Å²) in [5, 5.41) is 3.51. The van der Waals surface area contributed by atoms with Gasteiger partial charge in [-0.05, 0) is 119 Å². The number of allylic oxidation sites excluding steroid dienone is 1. The summed E-state index contributed by atoms with van der Waals surface area (Å²) in [6.07, 6.45) is 6.73. The molecule has 0 aliphatic heterocycles. The summed E-state index contributed by atoms with van der Waals surface area (Å²) in [6.45, 7) is 0. The van der Waals surface area contributed by atoms with Crippen LogP contribution in [0.2, 0.25) is 0 Å². The highest BCUT2D eigenvalue weighted by Gasteiger charge is 2.21. The van der Waals surface area contributed by atoms with E-state index in [0.29, 0.717) is 5.89 Å². The first-order chi connectivity index (χ1) is 28.3. The number of benzene rings is 8. The van der Waals surface area contributed by atoms with Crippen molar-refractivity contribution >= 4 is 55.9 Å². The Kier molecular flexibility index (Phi) is 7.92. The van der Waals surface area contributed by atoms with E-state index in [1.165, 1.54) is 33.3 Å². The lowest BCUT2D eigenvalue weighted by atomic mass is 9.99. The van der Waals surface area contributed by atoms with Crippen LogP contribution in [0.25, 0.3) is 78.2 Å². The van der Waals surface area contributed by atoms with E-state index in [9.17, 15) is 0 Å². The lowest BCUT2D eigenvalue weighted by molar-refractivity contribution is 0.623. The molecule has 11 rings (SSSR count). The van der Waals surface area contributed by atoms with Crippen LogP contribution in [0.4, 0.5) is 17.1 Å². The minimum Gasteiger partial charge on any atom is -0.435 e. The standard InChI is InChI=1S/C53H37N3O/c1-3-14-36(15-4-1)39-19-13-20-44(34-39)55(42-30-32-43(33-31-42)56-49-24-11-9-22-46(49)47-23-10-12-25-50(47)56)41-28-26-37(27-29-41)48-35-40-18-7-8-21-45(40)52-51(48)54-53(57-52)38-16-5-2-6-17-38/h1-9,11-22,24-35H,10,23H2. The summed E-state index contributed by atoms with van der Waals surface area (Å²) < 4.78 is 8.93. The highest BCUT2D eigenvalue weighted by molar-refractivity contribution is 6.10. The van der Waals surface area contributed by atoms with E-state index in [0.717, 1.165) is 74.2 Å². The third kappa shape index (κ3) is 5.73. The van der Waals surface area contributed by atoms with Gasteiger partial charge in [-0.3, -0.25) is 0 Å². The molecule has 10 aromatic rings. The van der Waals surface area contributed by atoms with Gasteiger partial charge in [0.1, 0.15) is 5.52 Å². The number of para-hydroxylation sites is 1. The smallest absolute Gasteiger partial charge is 0.227 e. The molecule has 0 saturated carbocycles. The first-order valence-electron chi connectivity index (χ1n) is 19.6. The van der Waals surface area contributed by atoms with Gasteiger partial charge in [-0.1, -0.05) is 121 Å². The Morgan fingerprint density at radius 1 is 0.526 bits per heavy atom. The third-order valence-electron chi connectivity index (χ3n) is 11.3. The van der Waals surface area contributed by atoms with Crippen LogP contribution >= 0.6 is 0 Å². The van der Waals surface area contributed by atoms with E-state index >= 15 is 0 Å². The Balaban J connectivity index is 1.03. The Morgan fingerprint density at radius 3 is 1.98 bits per heavy atom. The molecule has 0 atom stereocenters. The Labute approximate surface area is 331 Å². The monoisotopic (exact) mass is 731 g/mol. The summed E-state index contributed by atoms with van der Waals surface area (Å²) >= 11 is 0. The molecule has 57 heavy (non-hydrogen) atoms. The van der Waals surface area contributed by atoms with Crippen LogP contribution in [-0.2, 0) is 6.42 Å². The topological polar surface area (TPSA) is 34.2 Å². The van der Waals surface area contributed by atoms with Crippen LogP contribution in [0, 0.1) is 0 Å².